The van der Waals surface area contributed by atoms with Crippen LogP contribution in [0.1, 0.15) is 70.8 Å². The van der Waals surface area contributed by atoms with E-state index < -0.39 is 17.3 Å². The van der Waals surface area contributed by atoms with Gasteiger partial charge in [-0.05, 0) is 87.2 Å². The van der Waals surface area contributed by atoms with Crippen molar-refractivity contribution < 1.29 is 4.39 Å². The van der Waals surface area contributed by atoms with Crippen LogP contribution >= 0.6 is 0 Å². The summed E-state index contributed by atoms with van der Waals surface area (Å²) in [5.41, 5.74) is 6.04. The van der Waals surface area contributed by atoms with Crippen molar-refractivity contribution in [3.8, 4) is 5.82 Å². The lowest BCUT2D eigenvalue weighted by atomic mass is 9.42. The number of piperidine rings is 2. The first kappa shape index (κ1) is 23.8. The van der Waals surface area contributed by atoms with Crippen LogP contribution in [0.5, 0.6) is 0 Å². The average molecular weight is 531 g/mol. The number of nitrogens with two attached hydrogens (primary N) is 1. The van der Waals surface area contributed by atoms with E-state index in [1.165, 1.54) is 38.5 Å². The van der Waals surface area contributed by atoms with Gasteiger partial charge in [0, 0.05) is 23.7 Å². The predicted octanol–water partition coefficient (Wildman–Crippen LogP) is 4.05. The number of hydrogen-bond acceptors (Lipinski definition) is 6. The molecule has 2 N–H and O–H groups in total. The predicted molar refractivity (Wildman–Crippen MR) is 146 cm³/mol. The molecule has 2 aliphatic heterocycles. The van der Waals surface area contributed by atoms with Crippen LogP contribution in [-0.4, -0.2) is 41.6 Å². The van der Waals surface area contributed by atoms with E-state index in [4.69, 9.17) is 5.73 Å². The Kier molecular flexibility index (Phi) is 5.02. The van der Waals surface area contributed by atoms with Crippen molar-refractivity contribution in [3.63, 3.8) is 0 Å². The van der Waals surface area contributed by atoms with Gasteiger partial charge >= 0.3 is 5.69 Å². The van der Waals surface area contributed by atoms with Crippen LogP contribution in [-0.2, 0) is 0 Å². The molecule has 9 heteroatoms. The summed E-state index contributed by atoms with van der Waals surface area (Å²) in [6.45, 7) is 2.39. The molecule has 8 atom stereocenters. The molecule has 4 heterocycles. The number of nitrogen functional groups attached to an aromatic ring is 1. The molecule has 6 bridgehead atoms. The van der Waals surface area contributed by atoms with Gasteiger partial charge in [0.2, 0.25) is 5.82 Å². The topological polar surface area (TPSA) is 99.0 Å². The van der Waals surface area contributed by atoms with Crippen molar-refractivity contribution in [3.05, 3.63) is 57.1 Å². The number of hydrogen-bond donors (Lipinski definition) is 1. The first-order valence-corrected chi connectivity index (χ1v) is 14.7. The van der Waals surface area contributed by atoms with Crippen molar-refractivity contribution in [2.45, 2.75) is 88.4 Å². The van der Waals surface area contributed by atoms with E-state index in [9.17, 15) is 14.0 Å². The maximum Gasteiger partial charge on any atom is 0.355 e. The molecule has 0 spiro atoms. The molecule has 6 aliphatic rings. The van der Waals surface area contributed by atoms with Crippen molar-refractivity contribution >= 4 is 16.9 Å². The summed E-state index contributed by atoms with van der Waals surface area (Å²) in [5, 5.41) is 0. The van der Waals surface area contributed by atoms with Gasteiger partial charge in [-0.3, -0.25) is 9.69 Å². The van der Waals surface area contributed by atoms with E-state index in [2.05, 4.69) is 21.8 Å². The van der Waals surface area contributed by atoms with E-state index in [0.29, 0.717) is 29.1 Å². The monoisotopic (exact) mass is 530 g/mol. The van der Waals surface area contributed by atoms with Crippen LogP contribution in [0.15, 0.2) is 40.1 Å². The Hall–Kier alpha value is -3.07. The average Bonchev–Trinajstić information content (AvgIpc) is 2.92. The minimum absolute atomic E-state index is 0.0199. The Labute approximate surface area is 226 Å². The molecule has 0 amide bonds. The molecule has 8 nitrogen and oxygen atoms in total. The zero-order valence-corrected chi connectivity index (χ0v) is 22.3. The number of para-hydroxylation sites is 2. The molecule has 39 heavy (non-hydrogen) atoms. The number of benzene rings is 1. The quantitative estimate of drug-likeness (QED) is 0.549. The van der Waals surface area contributed by atoms with Gasteiger partial charge in [-0.15, -0.1) is 0 Å². The Morgan fingerprint density at radius 2 is 1.85 bits per heavy atom. The molecule has 8 unspecified atom stereocenters. The molecular weight excluding hydrogens is 495 g/mol. The highest BCUT2D eigenvalue weighted by Gasteiger charge is 2.66. The minimum atomic E-state index is -0.855. The zero-order chi connectivity index (χ0) is 26.6. The first-order chi connectivity index (χ1) is 18.8. The number of nitrogens with zero attached hydrogens (tertiary/aromatic N) is 5. The van der Waals surface area contributed by atoms with Gasteiger partial charge in [-0.25, -0.2) is 18.7 Å². The van der Waals surface area contributed by atoms with Crippen molar-refractivity contribution in [1.82, 2.24) is 24.0 Å². The second kappa shape index (κ2) is 8.22. The molecular formula is C30H35FN6O2. The van der Waals surface area contributed by atoms with Gasteiger partial charge in [0.15, 0.2) is 11.6 Å². The van der Waals surface area contributed by atoms with Crippen molar-refractivity contribution in [2.24, 2.45) is 23.7 Å². The lowest BCUT2D eigenvalue weighted by Gasteiger charge is -2.73. The Morgan fingerprint density at radius 3 is 2.64 bits per heavy atom. The lowest BCUT2D eigenvalue weighted by molar-refractivity contribution is -0.228. The minimum Gasteiger partial charge on any atom is -0.381 e. The molecule has 4 aliphatic carbocycles. The summed E-state index contributed by atoms with van der Waals surface area (Å²) in [4.78, 5) is 37.9. The van der Waals surface area contributed by atoms with Gasteiger partial charge in [0.1, 0.15) is 0 Å². The highest BCUT2D eigenvalue weighted by molar-refractivity contribution is 5.75. The third-order valence-electron chi connectivity index (χ3n) is 11.3. The lowest BCUT2D eigenvalue weighted by Crippen LogP contribution is -2.76. The molecule has 2 saturated heterocycles. The van der Waals surface area contributed by atoms with E-state index in [1.807, 2.05) is 28.8 Å². The molecule has 9 rings (SSSR count). The summed E-state index contributed by atoms with van der Waals surface area (Å²) >= 11 is 0. The van der Waals surface area contributed by atoms with Crippen molar-refractivity contribution in [1.29, 1.82) is 0 Å². The summed E-state index contributed by atoms with van der Waals surface area (Å²) in [6, 6.07) is 8.41. The van der Waals surface area contributed by atoms with E-state index in [0.717, 1.165) is 53.3 Å². The molecule has 6 fully saturated rings. The van der Waals surface area contributed by atoms with E-state index in [-0.39, 0.29) is 17.4 Å². The van der Waals surface area contributed by atoms with Gasteiger partial charge in [-0.1, -0.05) is 25.5 Å². The van der Waals surface area contributed by atoms with Crippen LogP contribution in [0.4, 0.5) is 10.2 Å². The number of halogens is 1. The maximum atomic E-state index is 14.4. The second-order valence-corrected chi connectivity index (χ2v) is 13.1. The van der Waals surface area contributed by atoms with E-state index in [1.54, 1.807) is 0 Å². The van der Waals surface area contributed by atoms with Gasteiger partial charge in [0.05, 0.1) is 17.2 Å². The fraction of sp³-hybridized carbons (Fsp3) is 0.600. The fourth-order valence-electron chi connectivity index (χ4n) is 9.82. The van der Waals surface area contributed by atoms with Crippen LogP contribution in [0, 0.1) is 29.5 Å². The number of fused-ring (bicyclic) bond motifs is 4. The third-order valence-corrected chi connectivity index (χ3v) is 11.3. The van der Waals surface area contributed by atoms with Crippen molar-refractivity contribution in [2.75, 3.05) is 5.73 Å². The van der Waals surface area contributed by atoms with Gasteiger partial charge in [-0.2, -0.15) is 4.98 Å². The SMILES string of the molecule is CC1CCC2CC(n3c(=O)c(-n4cc(F)c(N)nc4=O)nc4ccccc43)CC1N2C12CC3CCC1C(C3)C2. The Bertz CT molecular complexity index is 1620. The molecule has 204 valence electrons. The fourth-order valence-corrected chi connectivity index (χ4v) is 9.82. The summed E-state index contributed by atoms with van der Waals surface area (Å²) in [6.07, 6.45) is 12.1. The first-order valence-electron chi connectivity index (χ1n) is 14.7. The summed E-state index contributed by atoms with van der Waals surface area (Å²) in [5.74, 6) is 1.77. The number of aromatic nitrogens is 4. The smallest absolute Gasteiger partial charge is 0.355 e. The van der Waals surface area contributed by atoms with Gasteiger partial charge in [0.25, 0.3) is 5.56 Å². The van der Waals surface area contributed by atoms with Gasteiger partial charge < -0.3 is 10.3 Å². The second-order valence-electron chi connectivity index (χ2n) is 13.1. The molecule has 1 aromatic carbocycles. The Morgan fingerprint density at radius 1 is 1.00 bits per heavy atom. The third kappa shape index (κ3) is 3.25. The van der Waals surface area contributed by atoms with Crippen LogP contribution in [0.25, 0.3) is 16.9 Å². The highest BCUT2D eigenvalue weighted by Crippen LogP contribution is 2.67. The maximum absolute atomic E-state index is 14.4. The number of rotatable bonds is 3. The zero-order valence-electron chi connectivity index (χ0n) is 22.3. The summed E-state index contributed by atoms with van der Waals surface area (Å²) < 4.78 is 17.1. The standard InChI is InChI=1S/C30H35FN6O2/c1-16-6-8-19-11-20(12-25(16)37(19)30-13-17-7-9-21(30)18(10-17)14-30)36-24-5-3-2-4-23(24)33-27(28(36)38)35-15-22(31)26(32)34-29(35)39/h2-5,15-21,25H,6-14H2,1H3,(H2,32,34,39). The largest absolute Gasteiger partial charge is 0.381 e. The van der Waals surface area contributed by atoms with Crippen LogP contribution in [0.3, 0.4) is 0 Å². The van der Waals surface area contributed by atoms with Crippen LogP contribution < -0.4 is 17.0 Å². The summed E-state index contributed by atoms with van der Waals surface area (Å²) in [7, 11) is 0. The Balaban J connectivity index is 1.24. The van der Waals surface area contributed by atoms with Crippen LogP contribution in [0.2, 0.25) is 0 Å². The molecule has 0 radical (unpaired) electrons. The highest BCUT2D eigenvalue weighted by atomic mass is 19.1. The molecule has 4 saturated carbocycles. The molecule has 3 aromatic rings. The van der Waals surface area contributed by atoms with E-state index >= 15 is 0 Å². The normalized spacial score (nSPS) is 37.1. The molecule has 2 aromatic heterocycles. The number of anilines is 1.